The van der Waals surface area contributed by atoms with Gasteiger partial charge in [0.2, 0.25) is 0 Å². The van der Waals surface area contributed by atoms with E-state index in [-0.39, 0.29) is 5.78 Å². The van der Waals surface area contributed by atoms with Crippen molar-refractivity contribution in [3.63, 3.8) is 0 Å². The molecular formula is C14H18O2. The summed E-state index contributed by atoms with van der Waals surface area (Å²) >= 11 is 0. The average molecular weight is 218 g/mol. The Morgan fingerprint density at radius 1 is 1.38 bits per heavy atom. The first-order valence-electron chi connectivity index (χ1n) is 5.84. The van der Waals surface area contributed by atoms with Crippen LogP contribution in [0.5, 0.6) is 5.75 Å². The van der Waals surface area contributed by atoms with Gasteiger partial charge in [-0.1, -0.05) is 19.9 Å². The second kappa shape index (κ2) is 4.28. The van der Waals surface area contributed by atoms with E-state index in [1.807, 2.05) is 12.1 Å². The molecule has 0 amide bonds. The van der Waals surface area contributed by atoms with Crippen molar-refractivity contribution < 1.29 is 9.53 Å². The highest BCUT2D eigenvalue weighted by atomic mass is 16.5. The number of fused-ring (bicyclic) bond motifs is 1. The van der Waals surface area contributed by atoms with Crippen LogP contribution in [-0.2, 0) is 0 Å². The van der Waals surface area contributed by atoms with E-state index >= 15 is 0 Å². The Morgan fingerprint density at radius 3 is 2.75 bits per heavy atom. The summed E-state index contributed by atoms with van der Waals surface area (Å²) in [6.07, 6.45) is 1.65. The number of ketones is 1. The van der Waals surface area contributed by atoms with Gasteiger partial charge in [-0.25, -0.2) is 0 Å². The predicted molar refractivity (Wildman–Crippen MR) is 64.1 cm³/mol. The standard InChI is InChI=1S/C14H18O2/c1-9(2)11-6-7-14(15)13-8-10(16-3)4-5-12(11)13/h4-5,8-9,11H,6-7H2,1-3H3. The van der Waals surface area contributed by atoms with E-state index in [4.69, 9.17) is 4.74 Å². The van der Waals surface area contributed by atoms with Gasteiger partial charge in [0.15, 0.2) is 5.78 Å². The third-order valence-electron chi connectivity index (χ3n) is 3.45. The lowest BCUT2D eigenvalue weighted by molar-refractivity contribution is 0.0962. The summed E-state index contributed by atoms with van der Waals surface area (Å²) in [5.74, 6) is 2.13. The third-order valence-corrected chi connectivity index (χ3v) is 3.45. The highest BCUT2D eigenvalue weighted by Crippen LogP contribution is 2.37. The van der Waals surface area contributed by atoms with Crippen molar-refractivity contribution in [3.8, 4) is 5.75 Å². The highest BCUT2D eigenvalue weighted by molar-refractivity contribution is 5.99. The van der Waals surface area contributed by atoms with Gasteiger partial charge in [-0.2, -0.15) is 0 Å². The number of carbonyl (C=O) groups excluding carboxylic acids is 1. The van der Waals surface area contributed by atoms with E-state index in [0.29, 0.717) is 18.3 Å². The Bertz CT molecular complexity index is 407. The van der Waals surface area contributed by atoms with Crippen molar-refractivity contribution in [2.24, 2.45) is 5.92 Å². The zero-order valence-electron chi connectivity index (χ0n) is 10.1. The summed E-state index contributed by atoms with van der Waals surface area (Å²) in [5.41, 5.74) is 2.07. The van der Waals surface area contributed by atoms with E-state index in [9.17, 15) is 4.79 Å². The minimum Gasteiger partial charge on any atom is -0.497 e. The molecular weight excluding hydrogens is 200 g/mol. The largest absolute Gasteiger partial charge is 0.497 e. The second-order valence-corrected chi connectivity index (χ2v) is 4.77. The molecule has 1 aromatic carbocycles. The molecule has 0 saturated heterocycles. The van der Waals surface area contributed by atoms with Crippen LogP contribution in [0, 0.1) is 5.92 Å². The molecule has 0 spiro atoms. The monoisotopic (exact) mass is 218 g/mol. The molecule has 1 aliphatic rings. The van der Waals surface area contributed by atoms with Gasteiger partial charge in [0, 0.05) is 12.0 Å². The molecule has 16 heavy (non-hydrogen) atoms. The Kier molecular flexibility index (Phi) is 2.99. The molecule has 0 radical (unpaired) electrons. The maximum absolute atomic E-state index is 11.9. The van der Waals surface area contributed by atoms with Gasteiger partial charge in [-0.05, 0) is 36.0 Å². The smallest absolute Gasteiger partial charge is 0.163 e. The van der Waals surface area contributed by atoms with Gasteiger partial charge < -0.3 is 4.74 Å². The summed E-state index contributed by atoms with van der Waals surface area (Å²) in [4.78, 5) is 11.9. The molecule has 2 nitrogen and oxygen atoms in total. The van der Waals surface area contributed by atoms with E-state index in [0.717, 1.165) is 17.7 Å². The van der Waals surface area contributed by atoms with Crippen molar-refractivity contribution in [1.82, 2.24) is 0 Å². The molecule has 1 aromatic rings. The molecule has 86 valence electrons. The van der Waals surface area contributed by atoms with Crippen LogP contribution < -0.4 is 4.74 Å². The first kappa shape index (κ1) is 11.2. The SMILES string of the molecule is COc1ccc2c(c1)C(=O)CCC2C(C)C. The molecule has 0 aromatic heterocycles. The van der Waals surface area contributed by atoms with Crippen LogP contribution in [0.2, 0.25) is 0 Å². The lowest BCUT2D eigenvalue weighted by atomic mass is 9.76. The minimum absolute atomic E-state index is 0.255. The topological polar surface area (TPSA) is 26.3 Å². The van der Waals surface area contributed by atoms with Crippen LogP contribution in [0.3, 0.4) is 0 Å². The van der Waals surface area contributed by atoms with E-state index < -0.39 is 0 Å². The second-order valence-electron chi connectivity index (χ2n) is 4.77. The van der Waals surface area contributed by atoms with Crippen molar-refractivity contribution >= 4 is 5.78 Å². The van der Waals surface area contributed by atoms with Crippen LogP contribution in [-0.4, -0.2) is 12.9 Å². The van der Waals surface area contributed by atoms with Gasteiger partial charge in [0.1, 0.15) is 5.75 Å². The fraction of sp³-hybridized carbons (Fsp3) is 0.500. The maximum atomic E-state index is 11.9. The lowest BCUT2D eigenvalue weighted by Crippen LogP contribution is -2.19. The van der Waals surface area contributed by atoms with Crippen LogP contribution >= 0.6 is 0 Å². The van der Waals surface area contributed by atoms with Crippen molar-refractivity contribution in [2.45, 2.75) is 32.6 Å². The Morgan fingerprint density at radius 2 is 2.12 bits per heavy atom. The molecule has 0 saturated carbocycles. The summed E-state index contributed by atoms with van der Waals surface area (Å²) in [7, 11) is 1.63. The molecule has 2 rings (SSSR count). The zero-order valence-corrected chi connectivity index (χ0v) is 10.1. The predicted octanol–water partition coefficient (Wildman–Crippen LogP) is 3.41. The quantitative estimate of drug-likeness (QED) is 0.760. The zero-order chi connectivity index (χ0) is 11.7. The third kappa shape index (κ3) is 1.84. The van der Waals surface area contributed by atoms with Crippen molar-refractivity contribution in [2.75, 3.05) is 7.11 Å². The number of rotatable bonds is 2. The van der Waals surface area contributed by atoms with E-state index in [1.54, 1.807) is 7.11 Å². The van der Waals surface area contributed by atoms with E-state index in [1.165, 1.54) is 5.56 Å². The van der Waals surface area contributed by atoms with Gasteiger partial charge in [-0.15, -0.1) is 0 Å². The maximum Gasteiger partial charge on any atom is 0.163 e. The molecule has 1 atom stereocenters. The molecule has 0 fully saturated rings. The Hall–Kier alpha value is -1.31. The fourth-order valence-corrected chi connectivity index (χ4v) is 2.50. The van der Waals surface area contributed by atoms with Crippen LogP contribution in [0.25, 0.3) is 0 Å². The Labute approximate surface area is 96.6 Å². The first-order chi connectivity index (χ1) is 7.63. The highest BCUT2D eigenvalue weighted by Gasteiger charge is 2.27. The molecule has 0 heterocycles. The summed E-state index contributed by atoms with van der Waals surface area (Å²) < 4.78 is 5.17. The molecule has 0 N–H and O–H groups in total. The van der Waals surface area contributed by atoms with Crippen molar-refractivity contribution in [1.29, 1.82) is 0 Å². The number of ether oxygens (including phenoxy) is 1. The van der Waals surface area contributed by atoms with Crippen LogP contribution in [0.15, 0.2) is 18.2 Å². The molecule has 0 aliphatic heterocycles. The van der Waals surface area contributed by atoms with Gasteiger partial charge in [0.05, 0.1) is 7.11 Å². The number of benzene rings is 1. The molecule has 1 unspecified atom stereocenters. The number of methoxy groups -OCH3 is 1. The number of hydrogen-bond acceptors (Lipinski definition) is 2. The Balaban J connectivity index is 2.47. The normalized spacial score (nSPS) is 19.8. The van der Waals surface area contributed by atoms with Gasteiger partial charge >= 0.3 is 0 Å². The lowest BCUT2D eigenvalue weighted by Gasteiger charge is -2.27. The first-order valence-corrected chi connectivity index (χ1v) is 5.84. The molecule has 1 aliphatic carbocycles. The fourth-order valence-electron chi connectivity index (χ4n) is 2.50. The average Bonchev–Trinajstić information content (AvgIpc) is 2.29. The van der Waals surface area contributed by atoms with Crippen molar-refractivity contribution in [3.05, 3.63) is 29.3 Å². The summed E-state index contributed by atoms with van der Waals surface area (Å²) in [6.45, 7) is 4.43. The molecule has 2 heteroatoms. The van der Waals surface area contributed by atoms with E-state index in [2.05, 4.69) is 19.9 Å². The van der Waals surface area contributed by atoms with Crippen LogP contribution in [0.4, 0.5) is 0 Å². The van der Waals surface area contributed by atoms with Gasteiger partial charge in [-0.3, -0.25) is 4.79 Å². The number of carbonyl (C=O) groups is 1. The molecule has 0 bridgehead atoms. The number of hydrogen-bond donors (Lipinski definition) is 0. The number of Topliss-reactive ketones (excluding diaryl/α,β-unsaturated/α-hetero) is 1. The summed E-state index contributed by atoms with van der Waals surface area (Å²) in [6, 6.07) is 5.88. The summed E-state index contributed by atoms with van der Waals surface area (Å²) in [5, 5.41) is 0. The minimum atomic E-state index is 0.255. The van der Waals surface area contributed by atoms with Gasteiger partial charge in [0.25, 0.3) is 0 Å². The van der Waals surface area contributed by atoms with Crippen LogP contribution in [0.1, 0.15) is 48.5 Å².